The highest BCUT2D eigenvalue weighted by Gasteiger charge is 2.29. The highest BCUT2D eigenvalue weighted by Crippen LogP contribution is 2.21. The van der Waals surface area contributed by atoms with Crippen LogP contribution in [0.3, 0.4) is 0 Å². The summed E-state index contributed by atoms with van der Waals surface area (Å²) in [5.41, 5.74) is -0.866. The number of nitrogens with zero attached hydrogens (tertiary/aromatic N) is 2. The van der Waals surface area contributed by atoms with Gasteiger partial charge in [0.2, 0.25) is 5.91 Å². The number of amides is 2. The molecule has 0 fully saturated rings. The molecule has 2 N–H and O–H groups in total. The summed E-state index contributed by atoms with van der Waals surface area (Å²) in [6.45, 7) is 4.86. The van der Waals surface area contributed by atoms with Crippen molar-refractivity contribution in [3.63, 3.8) is 0 Å². The molecule has 0 heterocycles. The Morgan fingerprint density at radius 2 is 1.96 bits per heavy atom. The van der Waals surface area contributed by atoms with E-state index in [4.69, 9.17) is 9.84 Å². The van der Waals surface area contributed by atoms with Crippen LogP contribution in [0.15, 0.2) is 24.3 Å². The molecule has 0 radical (unpaired) electrons. The minimum Gasteiger partial charge on any atom is -0.481 e. The smallest absolute Gasteiger partial charge is 0.408 e. The van der Waals surface area contributed by atoms with Crippen molar-refractivity contribution in [2.24, 2.45) is 0 Å². The van der Waals surface area contributed by atoms with Crippen molar-refractivity contribution in [2.75, 3.05) is 11.9 Å². The Kier molecular flexibility index (Phi) is 6.64. The number of carbonyl (C=O) groups excluding carboxylic acids is 2. The van der Waals surface area contributed by atoms with E-state index in [1.165, 1.54) is 31.3 Å². The number of non-ortho nitro benzene ring substituents is 1. The number of ether oxygens (including phenoxy) is 1. The lowest BCUT2D eigenvalue weighted by molar-refractivity contribution is -0.384. The third-order valence-corrected chi connectivity index (χ3v) is 3.13. The second kappa shape index (κ2) is 8.28. The number of hydrogen-bond acceptors (Lipinski definition) is 6. The normalized spacial score (nSPS) is 12.0. The van der Waals surface area contributed by atoms with E-state index in [-0.39, 0.29) is 11.4 Å². The first-order valence-corrected chi connectivity index (χ1v) is 7.64. The largest absolute Gasteiger partial charge is 0.481 e. The van der Waals surface area contributed by atoms with Crippen molar-refractivity contribution in [1.82, 2.24) is 5.32 Å². The van der Waals surface area contributed by atoms with Gasteiger partial charge in [-0.25, -0.2) is 4.79 Å². The Morgan fingerprint density at radius 3 is 2.46 bits per heavy atom. The van der Waals surface area contributed by atoms with Crippen LogP contribution >= 0.6 is 0 Å². The van der Waals surface area contributed by atoms with Crippen LogP contribution in [0, 0.1) is 10.1 Å². The molecule has 0 aliphatic heterocycles. The molecule has 0 spiro atoms. The Labute approximate surface area is 149 Å². The van der Waals surface area contributed by atoms with Crippen LogP contribution in [-0.2, 0) is 14.3 Å². The van der Waals surface area contributed by atoms with Crippen LogP contribution < -0.4 is 10.2 Å². The zero-order chi connectivity index (χ0) is 20.1. The van der Waals surface area contributed by atoms with Crippen LogP contribution in [0.4, 0.5) is 16.2 Å². The van der Waals surface area contributed by atoms with Gasteiger partial charge in [0, 0.05) is 19.2 Å². The Balaban J connectivity index is 3.00. The molecule has 10 nitrogen and oxygen atoms in total. The average molecular weight is 367 g/mol. The van der Waals surface area contributed by atoms with Crippen LogP contribution in [0.5, 0.6) is 0 Å². The van der Waals surface area contributed by atoms with Crippen LogP contribution in [-0.4, -0.2) is 46.7 Å². The lowest BCUT2D eigenvalue weighted by Gasteiger charge is -2.25. The van der Waals surface area contributed by atoms with Gasteiger partial charge in [-0.2, -0.15) is 0 Å². The van der Waals surface area contributed by atoms with Crippen LogP contribution in [0.25, 0.3) is 0 Å². The molecule has 0 aliphatic rings. The Morgan fingerprint density at radius 1 is 1.35 bits per heavy atom. The summed E-state index contributed by atoms with van der Waals surface area (Å²) in [6.07, 6.45) is -1.61. The quantitative estimate of drug-likeness (QED) is 0.578. The molecule has 10 heteroatoms. The van der Waals surface area contributed by atoms with Crippen molar-refractivity contribution >= 4 is 29.3 Å². The van der Waals surface area contributed by atoms with E-state index in [0.29, 0.717) is 0 Å². The number of anilines is 1. The number of hydrogen-bond donors (Lipinski definition) is 2. The fourth-order valence-electron chi connectivity index (χ4n) is 2.00. The molecular weight excluding hydrogens is 346 g/mol. The predicted octanol–water partition coefficient (Wildman–Crippen LogP) is 1.93. The maximum Gasteiger partial charge on any atom is 0.408 e. The van der Waals surface area contributed by atoms with Gasteiger partial charge in [0.25, 0.3) is 5.69 Å². The third kappa shape index (κ3) is 6.38. The second-order valence-electron chi connectivity index (χ2n) is 6.47. The maximum atomic E-state index is 12.6. The van der Waals surface area contributed by atoms with E-state index in [1.54, 1.807) is 20.8 Å². The number of likely N-dealkylation sites (N-methyl/N-ethyl adjacent to an activating group) is 1. The summed E-state index contributed by atoms with van der Waals surface area (Å²) < 4.78 is 5.03. The second-order valence-corrected chi connectivity index (χ2v) is 6.47. The summed E-state index contributed by atoms with van der Waals surface area (Å²) in [4.78, 5) is 46.8. The standard InChI is InChI=1S/C16H21N3O7/c1-16(2,3)26-15(23)17-12(9-13(20)21)14(22)18(4)10-6-5-7-11(8-10)19(24)25/h5-8,12H,9H2,1-4H3,(H,17,23)(H,20,21)/t12-/m1/s1. The van der Waals surface area contributed by atoms with E-state index in [2.05, 4.69) is 5.32 Å². The van der Waals surface area contributed by atoms with Crippen molar-refractivity contribution in [3.05, 3.63) is 34.4 Å². The molecule has 26 heavy (non-hydrogen) atoms. The lowest BCUT2D eigenvalue weighted by atomic mass is 10.1. The van der Waals surface area contributed by atoms with Gasteiger partial charge >= 0.3 is 12.1 Å². The monoisotopic (exact) mass is 367 g/mol. The third-order valence-electron chi connectivity index (χ3n) is 3.13. The SMILES string of the molecule is CN(C(=O)[C@@H](CC(=O)O)NC(=O)OC(C)(C)C)c1cccc([N+](=O)[O-])c1. The zero-order valence-corrected chi connectivity index (χ0v) is 14.9. The van der Waals surface area contributed by atoms with Crippen LogP contribution in [0.2, 0.25) is 0 Å². The van der Waals surface area contributed by atoms with Gasteiger partial charge < -0.3 is 20.1 Å². The molecule has 0 aliphatic carbocycles. The predicted molar refractivity (Wildman–Crippen MR) is 91.9 cm³/mol. The molecule has 0 saturated carbocycles. The number of nitro benzene ring substituents is 1. The number of aliphatic carboxylic acids is 1. The number of carboxylic acids is 1. The van der Waals surface area contributed by atoms with E-state index >= 15 is 0 Å². The van der Waals surface area contributed by atoms with Gasteiger partial charge in [-0.1, -0.05) is 6.07 Å². The van der Waals surface area contributed by atoms with Gasteiger partial charge in [-0.05, 0) is 26.8 Å². The number of carboxylic acid groups (broad SMARTS) is 1. The Hall–Kier alpha value is -3.17. The summed E-state index contributed by atoms with van der Waals surface area (Å²) >= 11 is 0. The molecular formula is C16H21N3O7. The fourth-order valence-corrected chi connectivity index (χ4v) is 2.00. The molecule has 1 rings (SSSR count). The number of alkyl carbamates (subject to hydrolysis) is 1. The number of benzene rings is 1. The van der Waals surface area contributed by atoms with E-state index in [9.17, 15) is 24.5 Å². The van der Waals surface area contributed by atoms with Crippen molar-refractivity contribution in [3.8, 4) is 0 Å². The van der Waals surface area contributed by atoms with Gasteiger partial charge in [-0.15, -0.1) is 0 Å². The fraction of sp³-hybridized carbons (Fsp3) is 0.438. The van der Waals surface area contributed by atoms with E-state index in [1.807, 2.05) is 0 Å². The van der Waals surface area contributed by atoms with E-state index in [0.717, 1.165) is 4.90 Å². The molecule has 142 valence electrons. The number of nitro groups is 1. The number of nitrogens with one attached hydrogen (secondary N) is 1. The minimum atomic E-state index is -1.40. The average Bonchev–Trinajstić information content (AvgIpc) is 2.50. The Bertz CT molecular complexity index is 712. The first kappa shape index (κ1) is 20.9. The summed E-state index contributed by atoms with van der Waals surface area (Å²) in [5, 5.41) is 22.1. The molecule has 0 bridgehead atoms. The van der Waals surface area contributed by atoms with Crippen molar-refractivity contribution < 1.29 is 29.2 Å². The molecule has 1 atom stereocenters. The first-order valence-electron chi connectivity index (χ1n) is 7.64. The summed E-state index contributed by atoms with van der Waals surface area (Å²) in [7, 11) is 1.33. The van der Waals surface area contributed by atoms with Gasteiger partial charge in [0.05, 0.1) is 17.0 Å². The topological polar surface area (TPSA) is 139 Å². The van der Waals surface area contributed by atoms with Gasteiger partial charge in [-0.3, -0.25) is 19.7 Å². The highest BCUT2D eigenvalue weighted by atomic mass is 16.6. The zero-order valence-electron chi connectivity index (χ0n) is 14.9. The molecule has 2 amide bonds. The van der Waals surface area contributed by atoms with Gasteiger partial charge in [0.1, 0.15) is 11.6 Å². The number of rotatable bonds is 6. The minimum absolute atomic E-state index is 0.186. The summed E-state index contributed by atoms with van der Waals surface area (Å²) in [5.74, 6) is -2.05. The van der Waals surface area contributed by atoms with Crippen molar-refractivity contribution in [1.29, 1.82) is 0 Å². The molecule has 0 saturated heterocycles. The summed E-state index contributed by atoms with van der Waals surface area (Å²) in [6, 6.07) is 3.88. The molecule has 0 unspecified atom stereocenters. The first-order chi connectivity index (χ1) is 11.9. The van der Waals surface area contributed by atoms with Gasteiger partial charge in [0.15, 0.2) is 0 Å². The highest BCUT2D eigenvalue weighted by molar-refractivity contribution is 6.00. The van der Waals surface area contributed by atoms with Crippen LogP contribution in [0.1, 0.15) is 27.2 Å². The maximum absolute atomic E-state index is 12.6. The van der Waals surface area contributed by atoms with Crippen molar-refractivity contribution in [2.45, 2.75) is 38.8 Å². The lowest BCUT2D eigenvalue weighted by Crippen LogP contribution is -2.49. The molecule has 1 aromatic carbocycles. The number of carbonyl (C=O) groups is 3. The van der Waals surface area contributed by atoms with E-state index < -0.39 is 41.0 Å². The molecule has 1 aromatic rings. The molecule has 0 aromatic heterocycles.